The molecule has 2 rings (SSSR count). The maximum atomic E-state index is 11.9. The monoisotopic (exact) mass is 554 g/mol. The second-order valence-electron chi connectivity index (χ2n) is 9.87. The summed E-state index contributed by atoms with van der Waals surface area (Å²) in [5, 5.41) is 25.3. The molecule has 37 heavy (non-hydrogen) atoms. The van der Waals surface area contributed by atoms with Crippen LogP contribution in [0, 0.1) is 0 Å². The van der Waals surface area contributed by atoms with Crippen LogP contribution in [0.4, 0.5) is 21.0 Å². The topological polar surface area (TPSA) is 142 Å². The van der Waals surface area contributed by atoms with Crippen LogP contribution in [-0.4, -0.2) is 59.1 Å². The van der Waals surface area contributed by atoms with E-state index < -0.39 is 23.4 Å². The number of hydrogen-bond donors (Lipinski definition) is 4. The van der Waals surface area contributed by atoms with Gasteiger partial charge in [-0.2, -0.15) is 0 Å². The Morgan fingerprint density at radius 1 is 0.757 bits per heavy atom. The molecule has 0 fully saturated rings. The molecule has 0 radical (unpaired) electrons. The molecule has 2 aromatic carbocycles. The number of aromatic hydroxyl groups is 2. The second-order valence-corrected chi connectivity index (χ2v) is 9.87. The van der Waals surface area contributed by atoms with Crippen LogP contribution in [0.25, 0.3) is 0 Å². The summed E-state index contributed by atoms with van der Waals surface area (Å²) in [4.78, 5) is 32.4. The Bertz CT molecular complexity index is 1050. The summed E-state index contributed by atoms with van der Waals surface area (Å²) in [7, 11) is 0. The number of rotatable bonds is 7. The van der Waals surface area contributed by atoms with Crippen LogP contribution in [0.1, 0.15) is 52.7 Å². The number of anilines is 2. The average Bonchev–Trinajstić information content (AvgIpc) is 2.72. The summed E-state index contributed by atoms with van der Waals surface area (Å²) >= 11 is 0. The Morgan fingerprint density at radius 3 is 1.43 bits per heavy atom. The number of aliphatic imine (C=N–C) groups is 2. The third-order valence-electron chi connectivity index (χ3n) is 4.16. The first-order valence-electron chi connectivity index (χ1n) is 11.4. The first-order valence-corrected chi connectivity index (χ1v) is 11.4. The van der Waals surface area contributed by atoms with Gasteiger partial charge in [0.05, 0.1) is 13.1 Å². The van der Waals surface area contributed by atoms with E-state index in [1.54, 1.807) is 65.8 Å². The number of carbonyl (C=O) groups excluding carboxylic acids is 2. The molecule has 0 aliphatic rings. The largest absolute Gasteiger partial charge is 0.507 e. The fourth-order valence-electron chi connectivity index (χ4n) is 2.76. The van der Waals surface area contributed by atoms with Crippen LogP contribution < -0.4 is 10.6 Å². The van der Waals surface area contributed by atoms with E-state index in [9.17, 15) is 19.8 Å². The van der Waals surface area contributed by atoms with E-state index in [1.165, 1.54) is 24.6 Å². The van der Waals surface area contributed by atoms with Gasteiger partial charge in [0.2, 0.25) is 0 Å². The van der Waals surface area contributed by atoms with Gasteiger partial charge in [0.1, 0.15) is 22.7 Å². The summed E-state index contributed by atoms with van der Waals surface area (Å²) in [5.41, 5.74) is 0.503. The minimum atomic E-state index is -0.626. The molecule has 0 bridgehead atoms. The third-order valence-corrected chi connectivity index (χ3v) is 4.16. The molecule has 0 aliphatic carbocycles. The van der Waals surface area contributed by atoms with Gasteiger partial charge in [-0.1, -0.05) is 0 Å². The fourth-order valence-corrected chi connectivity index (χ4v) is 2.76. The number of phenols is 2. The number of carbonyl (C=O) groups is 2. The maximum absolute atomic E-state index is 11.9. The van der Waals surface area contributed by atoms with Crippen LogP contribution in [0.3, 0.4) is 0 Å². The molecule has 202 valence electrons. The molecule has 0 saturated heterocycles. The summed E-state index contributed by atoms with van der Waals surface area (Å²) < 4.78 is 10.4. The van der Waals surface area contributed by atoms with Crippen molar-refractivity contribution in [3.63, 3.8) is 0 Å². The van der Waals surface area contributed by atoms with E-state index in [2.05, 4.69) is 20.6 Å². The van der Waals surface area contributed by atoms with Crippen LogP contribution in [0.2, 0.25) is 0 Å². The quantitative estimate of drug-likeness (QED) is 0.158. The molecule has 2 amide bonds. The molecule has 4 N–H and O–H groups in total. The number of hydrogen-bond acceptors (Lipinski definition) is 8. The van der Waals surface area contributed by atoms with Crippen molar-refractivity contribution in [1.29, 1.82) is 0 Å². The normalized spacial score (nSPS) is 11.7. The van der Waals surface area contributed by atoms with Gasteiger partial charge >= 0.3 is 12.2 Å². The van der Waals surface area contributed by atoms with Crippen molar-refractivity contribution in [2.45, 2.75) is 52.7 Å². The summed E-state index contributed by atoms with van der Waals surface area (Å²) in [6, 6.07) is 9.17. The molecule has 2 aromatic rings. The minimum absolute atomic E-state index is 0. The van der Waals surface area contributed by atoms with E-state index in [0.717, 1.165) is 0 Å². The zero-order valence-electron chi connectivity index (χ0n) is 21.8. The van der Waals surface area contributed by atoms with Gasteiger partial charge < -0.3 is 19.7 Å². The molecular formula is C26H34FeN4O6. The van der Waals surface area contributed by atoms with Gasteiger partial charge in [-0.3, -0.25) is 20.6 Å². The van der Waals surface area contributed by atoms with Crippen molar-refractivity contribution in [1.82, 2.24) is 0 Å². The number of benzene rings is 2. The van der Waals surface area contributed by atoms with Gasteiger partial charge in [-0.05, 0) is 77.9 Å². The molecule has 0 spiro atoms. The Morgan fingerprint density at radius 2 is 1.11 bits per heavy atom. The van der Waals surface area contributed by atoms with Crippen molar-refractivity contribution in [2.24, 2.45) is 9.98 Å². The number of nitrogens with one attached hydrogen (secondary N) is 2. The fraction of sp³-hybridized carbons (Fsp3) is 0.385. The van der Waals surface area contributed by atoms with Crippen LogP contribution in [0.5, 0.6) is 11.5 Å². The zero-order chi connectivity index (χ0) is 26.9. The van der Waals surface area contributed by atoms with Crippen molar-refractivity contribution < 1.29 is 46.3 Å². The van der Waals surface area contributed by atoms with Gasteiger partial charge in [0.25, 0.3) is 0 Å². The van der Waals surface area contributed by atoms with Crippen molar-refractivity contribution in [3.05, 3.63) is 47.5 Å². The zero-order valence-corrected chi connectivity index (χ0v) is 22.9. The summed E-state index contributed by atoms with van der Waals surface area (Å²) in [5.74, 6) is 0.0208. The Hall–Kier alpha value is -3.56. The maximum Gasteiger partial charge on any atom is 0.412 e. The van der Waals surface area contributed by atoms with Crippen molar-refractivity contribution >= 4 is 36.0 Å². The van der Waals surface area contributed by atoms with Gasteiger partial charge in [0.15, 0.2) is 0 Å². The molecule has 0 saturated carbocycles. The molecule has 0 atom stereocenters. The standard InChI is InChI=1S/C26H34N4O6.Fe/c1-25(2,3)35-23(33)29-19-7-9-21(31)17(13-19)15-27-11-12-28-16-18-14-20(8-10-22(18)32)30-24(34)36-26(4,5)6;/h7-10,13-16,31-32H,11-12H2,1-6H3,(H,29,33)(H,30,34);. The predicted octanol–water partition coefficient (Wildman–Crippen LogP) is 5.33. The van der Waals surface area contributed by atoms with Gasteiger partial charge in [-0.15, -0.1) is 0 Å². The van der Waals surface area contributed by atoms with Crippen LogP contribution in [0.15, 0.2) is 46.4 Å². The van der Waals surface area contributed by atoms with E-state index >= 15 is 0 Å². The molecule has 11 heteroatoms. The minimum Gasteiger partial charge on any atom is -0.507 e. The Kier molecular flexibility index (Phi) is 11.6. The number of ether oxygens (including phenoxy) is 2. The van der Waals surface area contributed by atoms with Gasteiger partial charge in [-0.25, -0.2) is 9.59 Å². The Balaban J connectivity index is 0.00000684. The first-order chi connectivity index (χ1) is 16.7. The smallest absolute Gasteiger partial charge is 0.412 e. The number of amides is 2. The van der Waals surface area contributed by atoms with Crippen molar-refractivity contribution in [2.75, 3.05) is 23.7 Å². The van der Waals surface area contributed by atoms with Crippen LogP contribution >= 0.6 is 0 Å². The predicted molar refractivity (Wildman–Crippen MR) is 141 cm³/mol. The van der Waals surface area contributed by atoms with E-state index in [-0.39, 0.29) is 28.6 Å². The van der Waals surface area contributed by atoms with Gasteiger partial charge in [0, 0.05) is 52.0 Å². The SMILES string of the molecule is CC(C)(C)OC(=O)Nc1ccc(O)c(C=NCCN=Cc2cc(NC(=O)OC(C)(C)C)ccc2O)c1.[Fe]. The molecule has 0 aliphatic heterocycles. The average molecular weight is 554 g/mol. The number of nitrogens with zero attached hydrogens (tertiary/aromatic N) is 2. The van der Waals surface area contributed by atoms with E-state index in [1.807, 2.05) is 0 Å². The molecular weight excluding hydrogens is 520 g/mol. The summed E-state index contributed by atoms with van der Waals surface area (Å²) in [6.07, 6.45) is 1.76. The van der Waals surface area contributed by atoms with E-state index in [0.29, 0.717) is 35.6 Å². The molecule has 0 aromatic heterocycles. The first kappa shape index (κ1) is 31.5. The van der Waals surface area contributed by atoms with Crippen LogP contribution in [-0.2, 0) is 26.5 Å². The van der Waals surface area contributed by atoms with Crippen molar-refractivity contribution in [3.8, 4) is 11.5 Å². The Labute approximate surface area is 227 Å². The molecule has 0 heterocycles. The van der Waals surface area contributed by atoms with E-state index in [4.69, 9.17) is 9.47 Å². The molecule has 10 nitrogen and oxygen atoms in total. The second kappa shape index (κ2) is 13.7. The molecule has 0 unspecified atom stereocenters. The summed E-state index contributed by atoms with van der Waals surface area (Å²) in [6.45, 7) is 11.2. The third kappa shape index (κ3) is 12.3. The number of phenolic OH excluding ortho intramolecular Hbond substituents is 2.